The molecule has 1 saturated heterocycles. The van der Waals surface area contributed by atoms with Crippen LogP contribution in [0.5, 0.6) is 0 Å². The summed E-state index contributed by atoms with van der Waals surface area (Å²) in [5.41, 5.74) is 5.71. The van der Waals surface area contributed by atoms with E-state index in [0.29, 0.717) is 12.5 Å². The van der Waals surface area contributed by atoms with E-state index < -0.39 is 0 Å². The lowest BCUT2D eigenvalue weighted by atomic mass is 10.1. The van der Waals surface area contributed by atoms with E-state index in [1.54, 1.807) is 0 Å². The van der Waals surface area contributed by atoms with Crippen molar-refractivity contribution < 1.29 is 9.53 Å². The maximum atomic E-state index is 10.4. The second kappa shape index (κ2) is 3.69. The van der Waals surface area contributed by atoms with Gasteiger partial charge in [-0.1, -0.05) is 0 Å². The van der Waals surface area contributed by atoms with Gasteiger partial charge in [0, 0.05) is 32.0 Å². The molecular formula is C7H14N2O2. The molecule has 1 aliphatic heterocycles. The lowest BCUT2D eigenvalue weighted by Crippen LogP contribution is -2.32. The van der Waals surface area contributed by atoms with Crippen LogP contribution in [0.3, 0.4) is 0 Å². The number of hydrogen-bond acceptors (Lipinski definition) is 4. The van der Waals surface area contributed by atoms with Gasteiger partial charge in [0.05, 0.1) is 6.61 Å². The first-order valence-corrected chi connectivity index (χ1v) is 3.80. The molecule has 0 bridgehead atoms. The lowest BCUT2D eigenvalue weighted by Gasteiger charge is -2.12. The van der Waals surface area contributed by atoms with E-state index in [1.165, 1.54) is 6.92 Å². The standard InChI is InChI=1S/C7H14N2O2/c1-5(10)11-4-6-2-9-3-7(6)8/h6-7,9H,2-4,8H2,1H3/t6-,7-/m1/s1. The molecule has 4 heteroatoms. The second-order valence-electron chi connectivity index (χ2n) is 2.88. The Balaban J connectivity index is 2.20. The topological polar surface area (TPSA) is 64.3 Å². The molecule has 0 amide bonds. The summed E-state index contributed by atoms with van der Waals surface area (Å²) in [6.45, 7) is 3.54. The molecule has 64 valence electrons. The van der Waals surface area contributed by atoms with Crippen LogP contribution in [0.25, 0.3) is 0 Å². The Morgan fingerprint density at radius 1 is 1.73 bits per heavy atom. The van der Waals surface area contributed by atoms with E-state index in [2.05, 4.69) is 5.32 Å². The number of nitrogens with one attached hydrogen (secondary N) is 1. The van der Waals surface area contributed by atoms with Crippen molar-refractivity contribution in [3.63, 3.8) is 0 Å². The van der Waals surface area contributed by atoms with Crippen LogP contribution < -0.4 is 11.1 Å². The van der Waals surface area contributed by atoms with Crippen molar-refractivity contribution in [3.05, 3.63) is 0 Å². The summed E-state index contributed by atoms with van der Waals surface area (Å²) in [5, 5.41) is 3.13. The maximum absolute atomic E-state index is 10.4. The predicted molar refractivity (Wildman–Crippen MR) is 41.0 cm³/mol. The summed E-state index contributed by atoms with van der Waals surface area (Å²) in [6.07, 6.45) is 0. The van der Waals surface area contributed by atoms with Gasteiger partial charge in [-0.2, -0.15) is 0 Å². The molecule has 11 heavy (non-hydrogen) atoms. The molecule has 0 unspecified atom stereocenters. The molecular weight excluding hydrogens is 144 g/mol. The van der Waals surface area contributed by atoms with Gasteiger partial charge in [-0.25, -0.2) is 0 Å². The van der Waals surface area contributed by atoms with Crippen molar-refractivity contribution in [2.45, 2.75) is 13.0 Å². The Kier molecular flexibility index (Phi) is 2.84. The van der Waals surface area contributed by atoms with Crippen molar-refractivity contribution in [3.8, 4) is 0 Å². The average Bonchev–Trinajstić information content (AvgIpc) is 2.31. The van der Waals surface area contributed by atoms with Crippen LogP contribution in [0.1, 0.15) is 6.92 Å². The van der Waals surface area contributed by atoms with E-state index in [9.17, 15) is 4.79 Å². The summed E-state index contributed by atoms with van der Waals surface area (Å²) in [6, 6.07) is 0.134. The monoisotopic (exact) mass is 158 g/mol. The highest BCUT2D eigenvalue weighted by Crippen LogP contribution is 2.06. The minimum Gasteiger partial charge on any atom is -0.465 e. The van der Waals surface area contributed by atoms with Gasteiger partial charge in [-0.15, -0.1) is 0 Å². The van der Waals surface area contributed by atoms with Gasteiger partial charge in [0.25, 0.3) is 0 Å². The van der Waals surface area contributed by atoms with Gasteiger partial charge in [0.2, 0.25) is 0 Å². The molecule has 3 N–H and O–H groups in total. The van der Waals surface area contributed by atoms with E-state index >= 15 is 0 Å². The number of carbonyl (C=O) groups excluding carboxylic acids is 1. The van der Waals surface area contributed by atoms with Gasteiger partial charge in [-0.3, -0.25) is 4.79 Å². The van der Waals surface area contributed by atoms with E-state index in [-0.39, 0.29) is 12.0 Å². The fraction of sp³-hybridized carbons (Fsp3) is 0.857. The van der Waals surface area contributed by atoms with Gasteiger partial charge in [-0.05, 0) is 0 Å². The molecule has 0 aromatic heterocycles. The van der Waals surface area contributed by atoms with Crippen LogP contribution in [0.15, 0.2) is 0 Å². The minimum atomic E-state index is -0.232. The van der Waals surface area contributed by atoms with Crippen molar-refractivity contribution >= 4 is 5.97 Å². The van der Waals surface area contributed by atoms with Crippen molar-refractivity contribution in [1.82, 2.24) is 5.32 Å². The molecule has 2 atom stereocenters. The van der Waals surface area contributed by atoms with Gasteiger partial charge < -0.3 is 15.8 Å². The van der Waals surface area contributed by atoms with Crippen LogP contribution in [-0.4, -0.2) is 31.7 Å². The number of rotatable bonds is 2. The molecule has 1 aliphatic rings. The number of ether oxygens (including phenoxy) is 1. The summed E-state index contributed by atoms with van der Waals surface area (Å²) >= 11 is 0. The normalized spacial score (nSPS) is 30.4. The fourth-order valence-electron chi connectivity index (χ4n) is 1.16. The third kappa shape index (κ3) is 2.48. The van der Waals surface area contributed by atoms with Gasteiger partial charge >= 0.3 is 5.97 Å². The summed E-state index contributed by atoms with van der Waals surface area (Å²) in [4.78, 5) is 10.4. The van der Waals surface area contributed by atoms with Crippen molar-refractivity contribution in [2.75, 3.05) is 19.7 Å². The number of carbonyl (C=O) groups is 1. The Labute approximate surface area is 66.1 Å². The van der Waals surface area contributed by atoms with Gasteiger partial charge in [0.1, 0.15) is 0 Å². The SMILES string of the molecule is CC(=O)OC[C@H]1CNC[C@H]1N. The first kappa shape index (κ1) is 8.49. The lowest BCUT2D eigenvalue weighted by molar-refractivity contribution is -0.142. The first-order chi connectivity index (χ1) is 5.20. The zero-order valence-corrected chi connectivity index (χ0v) is 6.67. The minimum absolute atomic E-state index is 0.134. The fourth-order valence-corrected chi connectivity index (χ4v) is 1.16. The van der Waals surface area contributed by atoms with Gasteiger partial charge in [0.15, 0.2) is 0 Å². The van der Waals surface area contributed by atoms with E-state index in [0.717, 1.165) is 13.1 Å². The average molecular weight is 158 g/mol. The van der Waals surface area contributed by atoms with Crippen LogP contribution >= 0.6 is 0 Å². The third-order valence-electron chi connectivity index (χ3n) is 1.89. The number of nitrogens with two attached hydrogens (primary N) is 1. The Bertz CT molecular complexity index is 149. The highest BCUT2D eigenvalue weighted by atomic mass is 16.5. The number of esters is 1. The van der Waals surface area contributed by atoms with E-state index in [4.69, 9.17) is 10.5 Å². The summed E-state index contributed by atoms with van der Waals surface area (Å²) in [5.74, 6) is 0.0583. The summed E-state index contributed by atoms with van der Waals surface area (Å²) in [7, 11) is 0. The van der Waals surface area contributed by atoms with Crippen LogP contribution in [0.4, 0.5) is 0 Å². The zero-order chi connectivity index (χ0) is 8.27. The molecule has 1 rings (SSSR count). The first-order valence-electron chi connectivity index (χ1n) is 3.80. The quantitative estimate of drug-likeness (QED) is 0.511. The molecule has 4 nitrogen and oxygen atoms in total. The summed E-state index contributed by atoms with van der Waals surface area (Å²) < 4.78 is 4.84. The molecule has 0 radical (unpaired) electrons. The number of hydrogen-bond donors (Lipinski definition) is 2. The predicted octanol–water partition coefficient (Wildman–Crippen LogP) is -0.904. The van der Waals surface area contributed by atoms with Crippen LogP contribution in [-0.2, 0) is 9.53 Å². The largest absolute Gasteiger partial charge is 0.465 e. The molecule has 0 aromatic carbocycles. The van der Waals surface area contributed by atoms with Crippen molar-refractivity contribution in [1.29, 1.82) is 0 Å². The van der Waals surface area contributed by atoms with E-state index in [1.807, 2.05) is 0 Å². The third-order valence-corrected chi connectivity index (χ3v) is 1.89. The van der Waals surface area contributed by atoms with Crippen LogP contribution in [0, 0.1) is 5.92 Å². The van der Waals surface area contributed by atoms with Crippen molar-refractivity contribution in [2.24, 2.45) is 11.7 Å². The molecule has 0 saturated carbocycles. The Morgan fingerprint density at radius 3 is 2.91 bits per heavy atom. The highest BCUT2D eigenvalue weighted by molar-refractivity contribution is 5.65. The zero-order valence-electron chi connectivity index (χ0n) is 6.67. The molecule has 1 fully saturated rings. The molecule has 0 spiro atoms. The second-order valence-corrected chi connectivity index (χ2v) is 2.88. The van der Waals surface area contributed by atoms with Crippen LogP contribution in [0.2, 0.25) is 0 Å². The molecule has 0 aromatic rings. The molecule has 1 heterocycles. The maximum Gasteiger partial charge on any atom is 0.302 e. The smallest absolute Gasteiger partial charge is 0.302 e. The highest BCUT2D eigenvalue weighted by Gasteiger charge is 2.24. The molecule has 0 aliphatic carbocycles. The Morgan fingerprint density at radius 2 is 2.45 bits per heavy atom. The Hall–Kier alpha value is -0.610.